The lowest BCUT2D eigenvalue weighted by molar-refractivity contribution is 0.0735. The Morgan fingerprint density at radius 2 is 1.69 bits per heavy atom. The lowest BCUT2D eigenvalue weighted by Gasteiger charge is -2.26. The third kappa shape index (κ3) is 4.58. The van der Waals surface area contributed by atoms with Crippen LogP contribution in [0.5, 0.6) is 11.5 Å². The molecule has 0 aliphatic carbocycles. The Bertz CT molecular complexity index is 1330. The molecule has 5 rings (SSSR count). The Balaban J connectivity index is 1.41. The second-order valence-electron chi connectivity index (χ2n) is 8.75. The van der Waals surface area contributed by atoms with Gasteiger partial charge in [-0.2, -0.15) is 0 Å². The molecule has 2 aliphatic rings. The molecule has 0 saturated carbocycles. The van der Waals surface area contributed by atoms with Gasteiger partial charge < -0.3 is 14.4 Å². The summed E-state index contributed by atoms with van der Waals surface area (Å²) in [6, 6.07) is 20.9. The van der Waals surface area contributed by atoms with Gasteiger partial charge >= 0.3 is 0 Å². The van der Waals surface area contributed by atoms with Crippen molar-refractivity contribution in [2.24, 2.45) is 0 Å². The summed E-state index contributed by atoms with van der Waals surface area (Å²) in [5, 5.41) is 0. The minimum Gasteiger partial charge on any atom is -0.490 e. The highest BCUT2D eigenvalue weighted by molar-refractivity contribution is 7.92. The van der Waals surface area contributed by atoms with Crippen molar-refractivity contribution in [1.82, 2.24) is 4.90 Å². The summed E-state index contributed by atoms with van der Waals surface area (Å²) in [6.45, 7) is 1.83. The first kappa shape index (κ1) is 23.2. The third-order valence-corrected chi connectivity index (χ3v) is 8.31. The van der Waals surface area contributed by atoms with Gasteiger partial charge in [-0.15, -0.1) is 0 Å². The van der Waals surface area contributed by atoms with Crippen LogP contribution >= 0.6 is 0 Å². The van der Waals surface area contributed by atoms with E-state index in [0.29, 0.717) is 36.8 Å². The second kappa shape index (κ2) is 9.62. The molecule has 1 atom stereocenters. The van der Waals surface area contributed by atoms with Crippen LogP contribution < -0.4 is 13.8 Å². The standard InChI is InChI=1S/C27H28N2O5S/c1-28(22-9-3-2-4-10-22)35(31,32)23-11-5-8-21(18-23)27(30)29-15-6-12-24(29)20-13-14-25-26(19-20)34-17-7-16-33-25/h2-5,8-11,13-14,18-19,24H,6-7,12,15-17H2,1H3. The number of benzene rings is 3. The van der Waals surface area contributed by atoms with Crippen LogP contribution in [-0.4, -0.2) is 46.0 Å². The summed E-state index contributed by atoms with van der Waals surface area (Å²) in [6.07, 6.45) is 2.54. The molecule has 1 amide bonds. The smallest absolute Gasteiger partial charge is 0.264 e. The number of carbonyl (C=O) groups is 1. The largest absolute Gasteiger partial charge is 0.490 e. The van der Waals surface area contributed by atoms with E-state index < -0.39 is 10.0 Å². The third-order valence-electron chi connectivity index (χ3n) is 6.53. The van der Waals surface area contributed by atoms with Gasteiger partial charge in [0, 0.05) is 25.6 Å². The van der Waals surface area contributed by atoms with Gasteiger partial charge in [-0.25, -0.2) is 8.42 Å². The van der Waals surface area contributed by atoms with E-state index in [1.807, 2.05) is 29.2 Å². The zero-order valence-electron chi connectivity index (χ0n) is 19.6. The molecule has 3 aromatic carbocycles. The number of para-hydroxylation sites is 1. The molecule has 3 aromatic rings. The summed E-state index contributed by atoms with van der Waals surface area (Å²) < 4.78 is 39.3. The van der Waals surface area contributed by atoms with Crippen molar-refractivity contribution in [3.63, 3.8) is 0 Å². The van der Waals surface area contributed by atoms with Crippen LogP contribution in [0.1, 0.15) is 41.2 Å². The zero-order valence-corrected chi connectivity index (χ0v) is 20.4. The van der Waals surface area contributed by atoms with Crippen LogP contribution in [0.25, 0.3) is 0 Å². The lowest BCUT2D eigenvalue weighted by Crippen LogP contribution is -2.31. The normalized spacial score (nSPS) is 17.6. The highest BCUT2D eigenvalue weighted by Crippen LogP contribution is 2.38. The van der Waals surface area contributed by atoms with Crippen molar-refractivity contribution in [3.05, 3.63) is 83.9 Å². The monoisotopic (exact) mass is 492 g/mol. The van der Waals surface area contributed by atoms with E-state index in [1.165, 1.54) is 23.5 Å². The van der Waals surface area contributed by atoms with E-state index in [9.17, 15) is 13.2 Å². The number of carbonyl (C=O) groups excluding carboxylic acids is 1. The summed E-state index contributed by atoms with van der Waals surface area (Å²) in [5.41, 5.74) is 1.90. The molecule has 0 spiro atoms. The van der Waals surface area contributed by atoms with Gasteiger partial charge in [-0.1, -0.05) is 30.3 Å². The summed E-state index contributed by atoms with van der Waals surface area (Å²) >= 11 is 0. The predicted octanol–water partition coefficient (Wildman–Crippen LogP) is 4.65. The Kier molecular flexibility index (Phi) is 6.38. The molecule has 182 valence electrons. The minimum atomic E-state index is -3.82. The number of ether oxygens (including phenoxy) is 2. The fourth-order valence-electron chi connectivity index (χ4n) is 4.63. The zero-order chi connectivity index (χ0) is 24.4. The summed E-state index contributed by atoms with van der Waals surface area (Å²) in [4.78, 5) is 15.5. The van der Waals surface area contributed by atoms with Gasteiger partial charge in [-0.3, -0.25) is 9.10 Å². The van der Waals surface area contributed by atoms with Crippen molar-refractivity contribution < 1.29 is 22.7 Å². The molecule has 1 saturated heterocycles. The number of likely N-dealkylation sites (tertiary alicyclic amines) is 1. The van der Waals surface area contributed by atoms with Gasteiger partial charge in [0.15, 0.2) is 11.5 Å². The Morgan fingerprint density at radius 3 is 2.49 bits per heavy atom. The van der Waals surface area contributed by atoms with Gasteiger partial charge in [0.1, 0.15) is 0 Å². The average Bonchev–Trinajstić information content (AvgIpc) is 3.27. The molecular weight excluding hydrogens is 464 g/mol. The molecule has 0 radical (unpaired) electrons. The lowest BCUT2D eigenvalue weighted by atomic mass is 10.0. The average molecular weight is 493 g/mol. The molecular formula is C27H28N2O5S. The number of amides is 1. The van der Waals surface area contributed by atoms with Crippen LogP contribution in [0.4, 0.5) is 5.69 Å². The molecule has 2 aliphatic heterocycles. The van der Waals surface area contributed by atoms with Gasteiger partial charge in [-0.05, 0) is 60.9 Å². The fraction of sp³-hybridized carbons (Fsp3) is 0.296. The first-order valence-electron chi connectivity index (χ1n) is 11.8. The molecule has 1 fully saturated rings. The van der Waals surface area contributed by atoms with Crippen molar-refractivity contribution in [2.45, 2.75) is 30.2 Å². The maximum Gasteiger partial charge on any atom is 0.264 e. The van der Waals surface area contributed by atoms with Gasteiger partial charge in [0.2, 0.25) is 0 Å². The Morgan fingerprint density at radius 1 is 0.914 bits per heavy atom. The molecule has 2 heterocycles. The molecule has 0 bridgehead atoms. The molecule has 7 nitrogen and oxygen atoms in total. The van der Waals surface area contributed by atoms with Crippen molar-refractivity contribution >= 4 is 21.6 Å². The van der Waals surface area contributed by atoms with Crippen molar-refractivity contribution in [3.8, 4) is 11.5 Å². The second-order valence-corrected chi connectivity index (χ2v) is 10.7. The molecule has 8 heteroatoms. The molecule has 35 heavy (non-hydrogen) atoms. The van der Waals surface area contributed by atoms with Crippen molar-refractivity contribution in [1.29, 1.82) is 0 Å². The first-order chi connectivity index (χ1) is 16.9. The van der Waals surface area contributed by atoms with Gasteiger partial charge in [0.25, 0.3) is 15.9 Å². The SMILES string of the molecule is CN(c1ccccc1)S(=O)(=O)c1cccc(C(=O)N2CCCC2c2ccc3c(c2)OCCCO3)c1. The highest BCUT2D eigenvalue weighted by atomic mass is 32.2. The quantitative estimate of drug-likeness (QED) is 0.518. The van der Waals surface area contributed by atoms with E-state index >= 15 is 0 Å². The summed E-state index contributed by atoms with van der Waals surface area (Å²) in [7, 11) is -2.31. The number of rotatable bonds is 5. The Hall–Kier alpha value is -3.52. The Labute approximate surface area is 205 Å². The number of fused-ring (bicyclic) bond motifs is 1. The molecule has 0 N–H and O–H groups in total. The number of hydrogen-bond donors (Lipinski definition) is 0. The van der Waals surface area contributed by atoms with E-state index in [0.717, 1.165) is 30.6 Å². The highest BCUT2D eigenvalue weighted by Gasteiger charge is 2.32. The van der Waals surface area contributed by atoms with E-state index in [1.54, 1.807) is 36.4 Å². The van der Waals surface area contributed by atoms with Crippen LogP contribution in [0, 0.1) is 0 Å². The van der Waals surface area contributed by atoms with E-state index in [4.69, 9.17) is 9.47 Å². The molecule has 0 aromatic heterocycles. The molecule has 1 unspecified atom stereocenters. The van der Waals surface area contributed by atoms with Crippen molar-refractivity contribution in [2.75, 3.05) is 31.1 Å². The van der Waals surface area contributed by atoms with Crippen LogP contribution in [0.15, 0.2) is 77.7 Å². The maximum atomic E-state index is 13.6. The number of sulfonamides is 1. The fourth-order valence-corrected chi connectivity index (χ4v) is 5.88. The summed E-state index contributed by atoms with van der Waals surface area (Å²) in [5.74, 6) is 1.25. The van der Waals surface area contributed by atoms with E-state index in [-0.39, 0.29) is 16.8 Å². The van der Waals surface area contributed by atoms with Crippen LogP contribution in [0.2, 0.25) is 0 Å². The number of nitrogens with zero attached hydrogens (tertiary/aromatic N) is 2. The van der Waals surface area contributed by atoms with Crippen LogP contribution in [0.3, 0.4) is 0 Å². The number of hydrogen-bond acceptors (Lipinski definition) is 5. The minimum absolute atomic E-state index is 0.0843. The number of anilines is 1. The predicted molar refractivity (Wildman–Crippen MR) is 134 cm³/mol. The van der Waals surface area contributed by atoms with Gasteiger partial charge in [0.05, 0.1) is 29.8 Å². The maximum absolute atomic E-state index is 13.6. The first-order valence-corrected chi connectivity index (χ1v) is 13.2. The van der Waals surface area contributed by atoms with E-state index in [2.05, 4.69) is 0 Å². The topological polar surface area (TPSA) is 76.2 Å². The van der Waals surface area contributed by atoms with Crippen LogP contribution in [-0.2, 0) is 10.0 Å².